The van der Waals surface area contributed by atoms with E-state index in [0.717, 1.165) is 16.7 Å². The van der Waals surface area contributed by atoms with E-state index in [1.54, 1.807) is 6.07 Å². The van der Waals surface area contributed by atoms with Gasteiger partial charge in [0.05, 0.1) is 13.4 Å². The molecule has 0 bridgehead atoms. The number of rotatable bonds is 5. The number of aromatic nitrogens is 2. The molecule has 1 aromatic carbocycles. The second-order valence-corrected chi connectivity index (χ2v) is 5.72. The van der Waals surface area contributed by atoms with Crippen molar-refractivity contribution in [1.82, 2.24) is 10.2 Å². The van der Waals surface area contributed by atoms with E-state index in [1.807, 2.05) is 31.2 Å². The molecule has 23 heavy (non-hydrogen) atoms. The number of thioether (sulfide) groups is 1. The zero-order valence-electron chi connectivity index (χ0n) is 12.6. The van der Waals surface area contributed by atoms with Crippen LogP contribution in [0, 0.1) is 6.92 Å². The number of hydrogen-bond donors (Lipinski definition) is 0. The number of nitrogens with zero attached hydrogens (tertiary/aromatic N) is 2. The van der Waals surface area contributed by atoms with Gasteiger partial charge in [0.2, 0.25) is 11.7 Å². The molecule has 3 aromatic rings. The fourth-order valence-electron chi connectivity index (χ4n) is 1.94. The van der Waals surface area contributed by atoms with Gasteiger partial charge < -0.3 is 13.6 Å². The zero-order valence-corrected chi connectivity index (χ0v) is 13.4. The fourth-order valence-corrected chi connectivity index (χ4v) is 2.68. The van der Waals surface area contributed by atoms with E-state index in [0.29, 0.717) is 16.9 Å². The molecule has 118 valence electrons. The molecule has 0 N–H and O–H groups in total. The minimum atomic E-state index is -0.503. The van der Waals surface area contributed by atoms with E-state index in [4.69, 9.17) is 8.83 Å². The van der Waals surface area contributed by atoms with Crippen LogP contribution in [0.3, 0.4) is 0 Å². The quantitative estimate of drug-likeness (QED) is 0.521. The summed E-state index contributed by atoms with van der Waals surface area (Å²) in [4.78, 5) is 11.5. The summed E-state index contributed by atoms with van der Waals surface area (Å²) >= 11 is 1.33. The Morgan fingerprint density at radius 1 is 1.22 bits per heavy atom. The molecule has 0 spiro atoms. The van der Waals surface area contributed by atoms with Crippen molar-refractivity contribution in [2.75, 3.05) is 7.11 Å². The van der Waals surface area contributed by atoms with Gasteiger partial charge in [-0.15, -0.1) is 10.2 Å². The minimum Gasteiger partial charge on any atom is -0.463 e. The number of ether oxygens (including phenoxy) is 1. The van der Waals surface area contributed by atoms with E-state index in [2.05, 4.69) is 14.9 Å². The highest BCUT2D eigenvalue weighted by atomic mass is 32.2. The van der Waals surface area contributed by atoms with Gasteiger partial charge in [-0.2, -0.15) is 0 Å². The first-order valence-electron chi connectivity index (χ1n) is 6.85. The van der Waals surface area contributed by atoms with Gasteiger partial charge in [0, 0.05) is 16.9 Å². The lowest BCUT2D eigenvalue weighted by atomic mass is 10.1. The molecule has 0 aliphatic carbocycles. The molecule has 0 amide bonds. The van der Waals surface area contributed by atoms with Gasteiger partial charge in [0.1, 0.15) is 0 Å². The van der Waals surface area contributed by atoms with Crippen molar-refractivity contribution >= 4 is 17.7 Å². The Morgan fingerprint density at radius 2 is 2.00 bits per heavy atom. The van der Waals surface area contributed by atoms with Crippen LogP contribution < -0.4 is 0 Å². The van der Waals surface area contributed by atoms with Gasteiger partial charge in [0.15, 0.2) is 0 Å². The molecule has 0 atom stereocenters. The summed E-state index contributed by atoms with van der Waals surface area (Å²) in [5.41, 5.74) is 2.75. The number of aryl methyl sites for hydroxylation is 1. The number of methoxy groups -OCH3 is 1. The Morgan fingerprint density at radius 3 is 2.74 bits per heavy atom. The summed E-state index contributed by atoms with van der Waals surface area (Å²) in [6, 6.07) is 9.56. The van der Waals surface area contributed by atoms with Crippen LogP contribution in [0.25, 0.3) is 11.5 Å². The maximum absolute atomic E-state index is 11.5. The molecule has 0 fully saturated rings. The molecule has 0 unspecified atom stereocenters. The van der Waals surface area contributed by atoms with E-state index in [1.165, 1.54) is 25.1 Å². The molecule has 0 radical (unpaired) electrons. The third-order valence-corrected chi connectivity index (χ3v) is 4.04. The molecule has 7 heteroatoms. The Kier molecular flexibility index (Phi) is 4.47. The number of esters is 1. The second kappa shape index (κ2) is 6.70. The van der Waals surface area contributed by atoms with Gasteiger partial charge in [-0.1, -0.05) is 29.5 Å². The summed E-state index contributed by atoms with van der Waals surface area (Å²) in [6.45, 7) is 2.02. The number of benzene rings is 1. The Bertz CT molecular complexity index is 808. The van der Waals surface area contributed by atoms with Crippen molar-refractivity contribution in [1.29, 1.82) is 0 Å². The van der Waals surface area contributed by atoms with E-state index < -0.39 is 5.97 Å². The predicted molar refractivity (Wildman–Crippen MR) is 84.1 cm³/mol. The Labute approximate surface area is 136 Å². The molecule has 0 aliphatic rings. The predicted octanol–water partition coefficient (Wildman–Crippen LogP) is 3.72. The molecular weight excluding hydrogens is 316 g/mol. The maximum Gasteiger partial charge on any atom is 0.374 e. The lowest BCUT2D eigenvalue weighted by molar-refractivity contribution is 0.0564. The Balaban J connectivity index is 1.69. The van der Waals surface area contributed by atoms with Gasteiger partial charge in [-0.3, -0.25) is 0 Å². The van der Waals surface area contributed by atoms with Crippen molar-refractivity contribution in [2.24, 2.45) is 0 Å². The number of hydrogen-bond acceptors (Lipinski definition) is 7. The molecule has 3 rings (SSSR count). The number of carbonyl (C=O) groups is 1. The van der Waals surface area contributed by atoms with Crippen LogP contribution in [-0.4, -0.2) is 23.3 Å². The summed E-state index contributed by atoms with van der Waals surface area (Å²) in [5.74, 6) is 0.624. The van der Waals surface area contributed by atoms with Crippen LogP contribution >= 0.6 is 11.8 Å². The zero-order chi connectivity index (χ0) is 16.2. The van der Waals surface area contributed by atoms with Crippen LogP contribution in [0.15, 0.2) is 50.7 Å². The maximum atomic E-state index is 11.5. The highest BCUT2D eigenvalue weighted by molar-refractivity contribution is 7.98. The summed E-state index contributed by atoms with van der Waals surface area (Å²) in [6.07, 6.45) is 1.45. The highest BCUT2D eigenvalue weighted by Crippen LogP contribution is 2.27. The molecule has 0 aliphatic heterocycles. The molecule has 2 aromatic heterocycles. The first-order chi connectivity index (χ1) is 11.2. The van der Waals surface area contributed by atoms with Crippen LogP contribution in [0.4, 0.5) is 0 Å². The lowest BCUT2D eigenvalue weighted by Crippen LogP contribution is -2.02. The number of furan rings is 1. The second-order valence-electron chi connectivity index (χ2n) is 4.79. The molecule has 2 heterocycles. The van der Waals surface area contributed by atoms with Crippen molar-refractivity contribution in [3.05, 3.63) is 53.5 Å². The summed E-state index contributed by atoms with van der Waals surface area (Å²) < 4.78 is 15.4. The van der Waals surface area contributed by atoms with Crippen molar-refractivity contribution in [3.8, 4) is 11.5 Å². The first-order valence-corrected chi connectivity index (χ1v) is 7.84. The van der Waals surface area contributed by atoms with Crippen LogP contribution in [0.2, 0.25) is 0 Å². The molecule has 6 nitrogen and oxygen atoms in total. The van der Waals surface area contributed by atoms with Crippen LogP contribution in [0.1, 0.15) is 21.7 Å². The van der Waals surface area contributed by atoms with Crippen molar-refractivity contribution in [2.45, 2.75) is 17.9 Å². The SMILES string of the molecule is COC(=O)c1occc1CSc1nnc(-c2ccc(C)cc2)o1. The smallest absolute Gasteiger partial charge is 0.374 e. The van der Waals surface area contributed by atoms with Gasteiger partial charge in [0.25, 0.3) is 5.22 Å². The van der Waals surface area contributed by atoms with Gasteiger partial charge in [-0.05, 0) is 25.1 Å². The van der Waals surface area contributed by atoms with E-state index >= 15 is 0 Å². The Hall–Kier alpha value is -2.54. The topological polar surface area (TPSA) is 78.4 Å². The average Bonchev–Trinajstić information content (AvgIpc) is 3.22. The van der Waals surface area contributed by atoms with Crippen LogP contribution in [-0.2, 0) is 10.5 Å². The van der Waals surface area contributed by atoms with Gasteiger partial charge in [-0.25, -0.2) is 4.79 Å². The van der Waals surface area contributed by atoms with Crippen molar-refractivity contribution in [3.63, 3.8) is 0 Å². The highest BCUT2D eigenvalue weighted by Gasteiger charge is 2.17. The summed E-state index contributed by atoms with van der Waals surface area (Å²) in [7, 11) is 1.31. The monoisotopic (exact) mass is 330 g/mol. The van der Waals surface area contributed by atoms with Crippen LogP contribution in [0.5, 0.6) is 0 Å². The number of carbonyl (C=O) groups excluding carboxylic acids is 1. The van der Waals surface area contributed by atoms with E-state index in [-0.39, 0.29) is 5.76 Å². The average molecular weight is 330 g/mol. The largest absolute Gasteiger partial charge is 0.463 e. The standard InChI is InChI=1S/C16H14N2O4S/c1-10-3-5-11(6-4-10)14-17-18-16(22-14)23-9-12-7-8-21-13(12)15(19)20-2/h3-8H,9H2,1-2H3. The fraction of sp³-hybridized carbons (Fsp3) is 0.188. The molecule has 0 saturated heterocycles. The third kappa shape index (κ3) is 3.45. The third-order valence-electron chi connectivity index (χ3n) is 3.17. The minimum absolute atomic E-state index is 0.193. The molecule has 0 saturated carbocycles. The van der Waals surface area contributed by atoms with Gasteiger partial charge >= 0.3 is 5.97 Å². The lowest BCUT2D eigenvalue weighted by Gasteiger charge is -1.98. The van der Waals surface area contributed by atoms with E-state index in [9.17, 15) is 4.79 Å². The normalized spacial score (nSPS) is 10.7. The first kappa shape index (κ1) is 15.4. The summed E-state index contributed by atoms with van der Waals surface area (Å²) in [5, 5.41) is 8.47. The molecular formula is C16H14N2O4S. The van der Waals surface area contributed by atoms with Crippen molar-refractivity contribution < 1.29 is 18.4 Å².